The van der Waals surface area contributed by atoms with E-state index in [1.54, 1.807) is 6.92 Å². The summed E-state index contributed by atoms with van der Waals surface area (Å²) in [6.07, 6.45) is 0.581. The molecule has 0 amide bonds. The molecule has 0 bridgehead atoms. The van der Waals surface area contributed by atoms with Crippen molar-refractivity contribution in [3.63, 3.8) is 0 Å². The van der Waals surface area contributed by atoms with E-state index in [1.807, 2.05) is 31.2 Å². The van der Waals surface area contributed by atoms with Crippen molar-refractivity contribution in [2.45, 2.75) is 37.7 Å². The summed E-state index contributed by atoms with van der Waals surface area (Å²) >= 11 is 0. The van der Waals surface area contributed by atoms with Crippen molar-refractivity contribution in [2.75, 3.05) is 0 Å². The minimum Gasteiger partial charge on any atom is -0.481 e. The molecule has 0 saturated heterocycles. The zero-order valence-electron chi connectivity index (χ0n) is 9.53. The molecule has 1 aromatic carbocycles. The van der Waals surface area contributed by atoms with Crippen molar-refractivity contribution in [3.05, 3.63) is 35.4 Å². The topological polar surface area (TPSA) is 57.5 Å². The highest BCUT2D eigenvalue weighted by Gasteiger charge is 2.57. The third kappa shape index (κ3) is 1.61. The Balaban J connectivity index is 2.40. The number of aliphatic hydroxyl groups is 1. The zero-order valence-corrected chi connectivity index (χ0v) is 9.53. The number of carboxylic acids is 1. The zero-order chi connectivity index (χ0) is 12.0. The molecular formula is C13H16O3. The molecule has 16 heavy (non-hydrogen) atoms. The van der Waals surface area contributed by atoms with Crippen LogP contribution in [0.25, 0.3) is 0 Å². The number of benzene rings is 1. The molecule has 2 N–H and O–H groups in total. The largest absolute Gasteiger partial charge is 0.481 e. The molecule has 2 rings (SSSR count). The number of rotatable bonds is 2. The molecule has 0 aliphatic heterocycles. The standard InChI is InChI=1S/C13H16O3/c1-9-4-3-5-10(6-9)13(11(14)15)7-12(2,16)8-13/h3-6,16H,7-8H2,1-2H3,(H,14,15). The van der Waals surface area contributed by atoms with E-state index in [1.165, 1.54) is 0 Å². The highest BCUT2D eigenvalue weighted by atomic mass is 16.4. The van der Waals surface area contributed by atoms with Crippen molar-refractivity contribution in [3.8, 4) is 0 Å². The van der Waals surface area contributed by atoms with E-state index in [0.29, 0.717) is 12.8 Å². The van der Waals surface area contributed by atoms with Crippen molar-refractivity contribution in [2.24, 2.45) is 0 Å². The Morgan fingerprint density at radius 2 is 2.00 bits per heavy atom. The average molecular weight is 220 g/mol. The molecule has 3 nitrogen and oxygen atoms in total. The Morgan fingerprint density at radius 3 is 2.44 bits per heavy atom. The Hall–Kier alpha value is -1.35. The number of carbonyl (C=O) groups is 1. The summed E-state index contributed by atoms with van der Waals surface area (Å²) in [5, 5.41) is 19.1. The third-order valence-corrected chi connectivity index (χ3v) is 3.35. The van der Waals surface area contributed by atoms with E-state index >= 15 is 0 Å². The first-order chi connectivity index (χ1) is 7.36. The molecule has 1 aliphatic carbocycles. The second-order valence-electron chi connectivity index (χ2n) is 5.11. The fourth-order valence-electron chi connectivity index (χ4n) is 2.67. The number of aliphatic carboxylic acids is 1. The fraction of sp³-hybridized carbons (Fsp3) is 0.462. The predicted octanol–water partition coefficient (Wildman–Crippen LogP) is 1.86. The first kappa shape index (κ1) is 11.1. The molecule has 3 heteroatoms. The van der Waals surface area contributed by atoms with Crippen molar-refractivity contribution in [1.29, 1.82) is 0 Å². The molecule has 0 aromatic heterocycles. The number of hydrogen-bond acceptors (Lipinski definition) is 2. The third-order valence-electron chi connectivity index (χ3n) is 3.35. The van der Waals surface area contributed by atoms with E-state index < -0.39 is 17.0 Å². The smallest absolute Gasteiger partial charge is 0.314 e. The maximum absolute atomic E-state index is 11.4. The lowest BCUT2D eigenvalue weighted by Gasteiger charge is -2.49. The van der Waals surface area contributed by atoms with E-state index in [4.69, 9.17) is 0 Å². The van der Waals surface area contributed by atoms with Crippen LogP contribution >= 0.6 is 0 Å². The molecule has 86 valence electrons. The average Bonchev–Trinajstić information content (AvgIpc) is 2.13. The van der Waals surface area contributed by atoms with Crippen LogP contribution in [0.1, 0.15) is 30.9 Å². The van der Waals surface area contributed by atoms with Gasteiger partial charge in [0.2, 0.25) is 0 Å². The maximum atomic E-state index is 11.4. The van der Waals surface area contributed by atoms with E-state index in [-0.39, 0.29) is 0 Å². The predicted molar refractivity (Wildman–Crippen MR) is 60.4 cm³/mol. The van der Waals surface area contributed by atoms with Gasteiger partial charge in [0.1, 0.15) is 0 Å². The molecule has 0 spiro atoms. The highest BCUT2D eigenvalue weighted by Crippen LogP contribution is 2.50. The Kier molecular flexibility index (Phi) is 2.31. The summed E-state index contributed by atoms with van der Waals surface area (Å²) in [5.74, 6) is -0.843. The number of carboxylic acid groups (broad SMARTS) is 1. The lowest BCUT2D eigenvalue weighted by Crippen LogP contribution is -2.57. The van der Waals surface area contributed by atoms with Crippen LogP contribution in [0, 0.1) is 6.92 Å². The van der Waals surface area contributed by atoms with Gasteiger partial charge in [-0.25, -0.2) is 0 Å². The Bertz CT molecular complexity index is 427. The molecule has 0 atom stereocenters. The second kappa shape index (κ2) is 3.32. The number of hydrogen-bond donors (Lipinski definition) is 2. The Labute approximate surface area is 94.7 Å². The number of aryl methyl sites for hydroxylation is 1. The van der Waals surface area contributed by atoms with Gasteiger partial charge in [0.15, 0.2) is 0 Å². The van der Waals surface area contributed by atoms with Gasteiger partial charge >= 0.3 is 5.97 Å². The fourth-order valence-corrected chi connectivity index (χ4v) is 2.67. The molecule has 0 radical (unpaired) electrons. The van der Waals surface area contributed by atoms with Crippen LogP contribution in [0.3, 0.4) is 0 Å². The van der Waals surface area contributed by atoms with Gasteiger partial charge in [-0.05, 0) is 32.3 Å². The van der Waals surface area contributed by atoms with E-state index in [0.717, 1.165) is 11.1 Å². The quantitative estimate of drug-likeness (QED) is 0.799. The summed E-state index contributed by atoms with van der Waals surface area (Å²) < 4.78 is 0. The lowest BCUT2D eigenvalue weighted by atomic mass is 9.56. The molecule has 0 unspecified atom stereocenters. The highest BCUT2D eigenvalue weighted by molar-refractivity contribution is 5.83. The van der Waals surface area contributed by atoms with Crippen molar-refractivity contribution < 1.29 is 15.0 Å². The summed E-state index contributed by atoms with van der Waals surface area (Å²) in [6, 6.07) is 7.53. The summed E-state index contributed by atoms with van der Waals surface area (Å²) in [5.41, 5.74) is 0.105. The Morgan fingerprint density at radius 1 is 1.38 bits per heavy atom. The SMILES string of the molecule is Cc1cccc(C2(C(=O)O)CC(C)(O)C2)c1. The van der Waals surface area contributed by atoms with Gasteiger partial charge in [0, 0.05) is 0 Å². The summed E-state index contributed by atoms with van der Waals surface area (Å²) in [7, 11) is 0. The van der Waals surface area contributed by atoms with Gasteiger partial charge in [-0.1, -0.05) is 29.8 Å². The van der Waals surface area contributed by atoms with Crippen LogP contribution in [0.2, 0.25) is 0 Å². The minimum atomic E-state index is -0.893. The van der Waals surface area contributed by atoms with Crippen LogP contribution in [0.15, 0.2) is 24.3 Å². The van der Waals surface area contributed by atoms with Crippen molar-refractivity contribution in [1.82, 2.24) is 0 Å². The van der Waals surface area contributed by atoms with Gasteiger partial charge < -0.3 is 10.2 Å². The molecule has 1 aromatic rings. The van der Waals surface area contributed by atoms with Crippen molar-refractivity contribution >= 4 is 5.97 Å². The van der Waals surface area contributed by atoms with Crippen LogP contribution < -0.4 is 0 Å². The van der Waals surface area contributed by atoms with Gasteiger partial charge in [-0.3, -0.25) is 4.79 Å². The van der Waals surface area contributed by atoms with Gasteiger partial charge in [0.25, 0.3) is 0 Å². The lowest BCUT2D eigenvalue weighted by molar-refractivity contribution is -0.162. The van der Waals surface area contributed by atoms with E-state index in [9.17, 15) is 15.0 Å². The minimum absolute atomic E-state index is 0.290. The normalized spacial score (nSPS) is 33.2. The summed E-state index contributed by atoms with van der Waals surface area (Å²) in [4.78, 5) is 11.4. The molecule has 1 saturated carbocycles. The van der Waals surface area contributed by atoms with E-state index in [2.05, 4.69) is 0 Å². The van der Waals surface area contributed by atoms with Gasteiger partial charge in [-0.2, -0.15) is 0 Å². The summed E-state index contributed by atoms with van der Waals surface area (Å²) in [6.45, 7) is 3.62. The van der Waals surface area contributed by atoms with Crippen LogP contribution in [0.4, 0.5) is 0 Å². The monoisotopic (exact) mass is 220 g/mol. The van der Waals surface area contributed by atoms with Crippen LogP contribution in [0.5, 0.6) is 0 Å². The molecule has 0 heterocycles. The van der Waals surface area contributed by atoms with Crippen LogP contribution in [-0.4, -0.2) is 21.8 Å². The van der Waals surface area contributed by atoms with Gasteiger partial charge in [0.05, 0.1) is 11.0 Å². The van der Waals surface area contributed by atoms with Gasteiger partial charge in [-0.15, -0.1) is 0 Å². The molecule has 1 aliphatic rings. The van der Waals surface area contributed by atoms with Crippen LogP contribution in [-0.2, 0) is 10.2 Å². The second-order valence-corrected chi connectivity index (χ2v) is 5.11. The maximum Gasteiger partial charge on any atom is 0.314 e. The molecular weight excluding hydrogens is 204 g/mol. The first-order valence-electron chi connectivity index (χ1n) is 5.39. The molecule has 1 fully saturated rings. The first-order valence-corrected chi connectivity index (χ1v) is 5.39.